The van der Waals surface area contributed by atoms with E-state index in [0.717, 1.165) is 56.7 Å². The van der Waals surface area contributed by atoms with Crippen LogP contribution in [-0.4, -0.2) is 47.2 Å². The van der Waals surface area contributed by atoms with E-state index in [2.05, 4.69) is 55.0 Å². The van der Waals surface area contributed by atoms with E-state index in [4.69, 9.17) is 9.52 Å². The summed E-state index contributed by atoms with van der Waals surface area (Å²) in [5.74, 6) is 2.85. The fraction of sp³-hybridized carbons (Fsp3) is 0.824. The molecule has 0 aliphatic carbocycles. The van der Waals surface area contributed by atoms with Crippen molar-refractivity contribution in [3.05, 3.63) is 11.7 Å². The van der Waals surface area contributed by atoms with Crippen LogP contribution in [0, 0.1) is 5.41 Å². The first kappa shape index (κ1) is 21.2. The van der Waals surface area contributed by atoms with Gasteiger partial charge in [0, 0.05) is 38.5 Å². The zero-order valence-corrected chi connectivity index (χ0v) is 18.0. The van der Waals surface area contributed by atoms with Crippen LogP contribution in [0.1, 0.15) is 65.1 Å². The maximum Gasteiger partial charge on any atom is 0.226 e. The molecule has 1 N–H and O–H groups in total. The average Bonchev–Trinajstić information content (AvgIpc) is 3.09. The fourth-order valence-electron chi connectivity index (χ4n) is 2.74. The first-order valence-electron chi connectivity index (χ1n) is 8.77. The number of halogens is 1. The number of nitrogens with one attached hydrogen (secondary N) is 1. The van der Waals surface area contributed by atoms with E-state index >= 15 is 0 Å². The van der Waals surface area contributed by atoms with Crippen molar-refractivity contribution in [3.63, 3.8) is 0 Å². The largest absolute Gasteiger partial charge is 0.357 e. The van der Waals surface area contributed by atoms with E-state index in [0.29, 0.717) is 11.3 Å². The molecule has 0 amide bonds. The Kier molecular flexibility index (Phi) is 8.45. The molecule has 0 spiro atoms. The van der Waals surface area contributed by atoms with Crippen LogP contribution < -0.4 is 5.32 Å². The van der Waals surface area contributed by atoms with Crippen molar-refractivity contribution in [3.8, 4) is 0 Å². The molecule has 1 aromatic rings. The number of hydrogen-bond acceptors (Lipinski definition) is 4. The summed E-state index contributed by atoms with van der Waals surface area (Å²) in [6, 6.07) is 0. The first-order chi connectivity index (χ1) is 10.9. The fourth-order valence-corrected chi connectivity index (χ4v) is 2.74. The SMILES string of the molecule is CCNC(=NCCCc1nc(C(C)C)no1)N1CCC(C)(C)C1.I. The molecule has 1 aromatic heterocycles. The van der Waals surface area contributed by atoms with Gasteiger partial charge in [0.05, 0.1) is 0 Å². The number of nitrogens with zero attached hydrogens (tertiary/aromatic N) is 4. The van der Waals surface area contributed by atoms with Gasteiger partial charge in [0.15, 0.2) is 11.8 Å². The third kappa shape index (κ3) is 6.22. The van der Waals surface area contributed by atoms with Crippen molar-refractivity contribution in [1.82, 2.24) is 20.4 Å². The minimum absolute atomic E-state index is 0. The summed E-state index contributed by atoms with van der Waals surface area (Å²) in [6.45, 7) is 14.7. The smallest absolute Gasteiger partial charge is 0.226 e. The first-order valence-corrected chi connectivity index (χ1v) is 8.77. The van der Waals surface area contributed by atoms with E-state index in [9.17, 15) is 0 Å². The van der Waals surface area contributed by atoms with Crippen molar-refractivity contribution < 1.29 is 4.52 Å². The van der Waals surface area contributed by atoms with Crippen molar-refractivity contribution >= 4 is 29.9 Å². The van der Waals surface area contributed by atoms with Gasteiger partial charge in [-0.1, -0.05) is 32.9 Å². The molecule has 138 valence electrons. The second-order valence-corrected chi connectivity index (χ2v) is 7.38. The van der Waals surface area contributed by atoms with E-state index in [1.165, 1.54) is 6.42 Å². The highest BCUT2D eigenvalue weighted by Gasteiger charge is 2.30. The molecular formula is C17H32IN5O. The number of aryl methyl sites for hydroxylation is 1. The van der Waals surface area contributed by atoms with Crippen LogP contribution >= 0.6 is 24.0 Å². The Hall–Kier alpha value is -0.860. The van der Waals surface area contributed by atoms with Gasteiger partial charge in [0.1, 0.15) is 0 Å². The molecule has 0 atom stereocenters. The Bertz CT molecular complexity index is 527. The standard InChI is InChI=1S/C17H31N5O.HI/c1-6-18-16(22-11-9-17(4,5)12-22)19-10-7-8-14-20-15(13(2)3)21-23-14;/h13H,6-12H2,1-5H3,(H,18,19);1H. The van der Waals surface area contributed by atoms with E-state index < -0.39 is 0 Å². The topological polar surface area (TPSA) is 66.5 Å². The van der Waals surface area contributed by atoms with Crippen molar-refractivity contribution in [2.24, 2.45) is 10.4 Å². The lowest BCUT2D eigenvalue weighted by Crippen LogP contribution is -2.40. The molecular weight excluding hydrogens is 417 g/mol. The number of aromatic nitrogens is 2. The molecule has 2 heterocycles. The Morgan fingerprint density at radius 3 is 2.71 bits per heavy atom. The van der Waals surface area contributed by atoms with Crippen molar-refractivity contribution in [2.75, 3.05) is 26.2 Å². The highest BCUT2D eigenvalue weighted by Crippen LogP contribution is 2.28. The molecule has 0 saturated carbocycles. The Labute approximate surface area is 162 Å². The lowest BCUT2D eigenvalue weighted by Gasteiger charge is -2.23. The van der Waals surface area contributed by atoms with Crippen LogP contribution in [0.2, 0.25) is 0 Å². The van der Waals surface area contributed by atoms with Crippen LogP contribution in [0.5, 0.6) is 0 Å². The van der Waals surface area contributed by atoms with Crippen LogP contribution in [-0.2, 0) is 6.42 Å². The summed E-state index contributed by atoms with van der Waals surface area (Å²) >= 11 is 0. The van der Waals surface area contributed by atoms with E-state index in [1.54, 1.807) is 0 Å². The quantitative estimate of drug-likeness (QED) is 0.312. The predicted octanol–water partition coefficient (Wildman–Crippen LogP) is 3.44. The number of guanidine groups is 1. The van der Waals surface area contributed by atoms with Crippen LogP contribution in [0.3, 0.4) is 0 Å². The van der Waals surface area contributed by atoms with Crippen molar-refractivity contribution in [2.45, 2.75) is 59.8 Å². The minimum atomic E-state index is 0. The maximum absolute atomic E-state index is 5.27. The maximum atomic E-state index is 5.27. The molecule has 6 nitrogen and oxygen atoms in total. The van der Waals surface area contributed by atoms with Gasteiger partial charge < -0.3 is 14.7 Å². The normalized spacial score (nSPS) is 17.2. The molecule has 1 saturated heterocycles. The monoisotopic (exact) mass is 449 g/mol. The van der Waals surface area contributed by atoms with Crippen molar-refractivity contribution in [1.29, 1.82) is 0 Å². The molecule has 0 bridgehead atoms. The number of rotatable bonds is 6. The molecule has 24 heavy (non-hydrogen) atoms. The molecule has 0 unspecified atom stereocenters. The van der Waals surface area contributed by atoms with Gasteiger partial charge in [-0.25, -0.2) is 0 Å². The second kappa shape index (κ2) is 9.58. The van der Waals surface area contributed by atoms with Gasteiger partial charge in [-0.3, -0.25) is 4.99 Å². The summed E-state index contributed by atoms with van der Waals surface area (Å²) in [4.78, 5) is 11.5. The lowest BCUT2D eigenvalue weighted by atomic mass is 9.93. The lowest BCUT2D eigenvalue weighted by molar-refractivity contribution is 0.367. The number of hydrogen-bond donors (Lipinski definition) is 1. The highest BCUT2D eigenvalue weighted by molar-refractivity contribution is 14.0. The molecule has 1 aliphatic heterocycles. The molecule has 7 heteroatoms. The van der Waals surface area contributed by atoms with Crippen LogP contribution in [0.4, 0.5) is 0 Å². The van der Waals surface area contributed by atoms with Crippen LogP contribution in [0.25, 0.3) is 0 Å². The van der Waals surface area contributed by atoms with Crippen LogP contribution in [0.15, 0.2) is 9.52 Å². The van der Waals surface area contributed by atoms with Gasteiger partial charge >= 0.3 is 0 Å². The highest BCUT2D eigenvalue weighted by atomic mass is 127. The molecule has 0 radical (unpaired) electrons. The third-order valence-corrected chi connectivity index (χ3v) is 4.12. The zero-order chi connectivity index (χ0) is 16.9. The molecule has 0 aromatic carbocycles. The van der Waals surface area contributed by atoms with Gasteiger partial charge in [-0.2, -0.15) is 4.98 Å². The minimum Gasteiger partial charge on any atom is -0.357 e. The summed E-state index contributed by atoms with van der Waals surface area (Å²) in [6.07, 6.45) is 2.93. The second-order valence-electron chi connectivity index (χ2n) is 7.38. The summed E-state index contributed by atoms with van der Waals surface area (Å²) in [5.41, 5.74) is 0.382. The van der Waals surface area contributed by atoms with Gasteiger partial charge in [-0.15, -0.1) is 24.0 Å². The Morgan fingerprint density at radius 2 is 2.17 bits per heavy atom. The van der Waals surface area contributed by atoms with Gasteiger partial charge in [0.2, 0.25) is 5.89 Å². The summed E-state index contributed by atoms with van der Waals surface area (Å²) in [5, 5.41) is 7.40. The van der Waals surface area contributed by atoms with Gasteiger partial charge in [0.25, 0.3) is 0 Å². The van der Waals surface area contributed by atoms with E-state index in [1.807, 2.05) is 0 Å². The Balaban J connectivity index is 0.00000288. The number of aliphatic imine (C=N–C) groups is 1. The molecule has 2 rings (SSSR count). The predicted molar refractivity (Wildman–Crippen MR) is 108 cm³/mol. The molecule has 1 aliphatic rings. The Morgan fingerprint density at radius 1 is 1.42 bits per heavy atom. The molecule has 1 fully saturated rings. The zero-order valence-electron chi connectivity index (χ0n) is 15.6. The summed E-state index contributed by atoms with van der Waals surface area (Å²) < 4.78 is 5.27. The average molecular weight is 449 g/mol. The third-order valence-electron chi connectivity index (χ3n) is 4.12. The number of likely N-dealkylation sites (tertiary alicyclic amines) is 1. The van der Waals surface area contributed by atoms with Gasteiger partial charge in [-0.05, 0) is 25.2 Å². The summed E-state index contributed by atoms with van der Waals surface area (Å²) in [7, 11) is 0. The van der Waals surface area contributed by atoms with E-state index in [-0.39, 0.29) is 24.0 Å².